The van der Waals surface area contributed by atoms with Crippen molar-refractivity contribution in [2.24, 2.45) is 5.92 Å². The van der Waals surface area contributed by atoms with Crippen LogP contribution < -0.4 is 10.6 Å². The summed E-state index contributed by atoms with van der Waals surface area (Å²) in [6, 6.07) is 8.07. The van der Waals surface area contributed by atoms with Crippen LogP contribution in [0.4, 0.5) is 4.79 Å². The van der Waals surface area contributed by atoms with Crippen LogP contribution >= 0.6 is 0 Å². The maximum absolute atomic E-state index is 12.8. The molecule has 1 aliphatic heterocycles. The van der Waals surface area contributed by atoms with E-state index in [1.807, 2.05) is 0 Å². The van der Waals surface area contributed by atoms with Gasteiger partial charge in [0.2, 0.25) is 12.0 Å². The molecule has 156 valence electrons. The Morgan fingerprint density at radius 3 is 2.52 bits per heavy atom. The van der Waals surface area contributed by atoms with Crippen molar-refractivity contribution in [1.82, 2.24) is 15.5 Å². The Morgan fingerprint density at radius 2 is 1.86 bits per heavy atom. The first-order valence-corrected chi connectivity index (χ1v) is 10.1. The molecule has 1 aliphatic carbocycles. The SMILES string of the molecule is CCNC(=O)NC(=O)[C@@H](OC(=O)[C@@H]1CC(=O)N(C2CCCC2)C1)c1ccccc1. The van der Waals surface area contributed by atoms with Gasteiger partial charge in [-0.1, -0.05) is 43.2 Å². The van der Waals surface area contributed by atoms with E-state index < -0.39 is 29.9 Å². The lowest BCUT2D eigenvalue weighted by Crippen LogP contribution is -2.43. The van der Waals surface area contributed by atoms with Gasteiger partial charge in [0.15, 0.2) is 0 Å². The highest BCUT2D eigenvalue weighted by atomic mass is 16.5. The average Bonchev–Trinajstić information content (AvgIpc) is 3.36. The van der Waals surface area contributed by atoms with Crippen molar-refractivity contribution in [3.05, 3.63) is 35.9 Å². The van der Waals surface area contributed by atoms with Gasteiger partial charge in [-0.25, -0.2) is 4.79 Å². The topological polar surface area (TPSA) is 105 Å². The molecule has 0 unspecified atom stereocenters. The van der Waals surface area contributed by atoms with Gasteiger partial charge in [-0.15, -0.1) is 0 Å². The molecule has 0 bridgehead atoms. The van der Waals surface area contributed by atoms with E-state index >= 15 is 0 Å². The molecule has 0 aromatic heterocycles. The Balaban J connectivity index is 1.68. The van der Waals surface area contributed by atoms with Gasteiger partial charge in [-0.2, -0.15) is 0 Å². The van der Waals surface area contributed by atoms with E-state index in [-0.39, 0.29) is 18.4 Å². The molecule has 1 saturated carbocycles. The second kappa shape index (κ2) is 9.54. The summed E-state index contributed by atoms with van der Waals surface area (Å²) in [5.74, 6) is -1.97. The monoisotopic (exact) mass is 401 g/mol. The fourth-order valence-electron chi connectivity index (χ4n) is 3.95. The summed E-state index contributed by atoms with van der Waals surface area (Å²) < 4.78 is 5.51. The zero-order valence-corrected chi connectivity index (χ0v) is 16.6. The van der Waals surface area contributed by atoms with Gasteiger partial charge in [0.1, 0.15) is 0 Å². The van der Waals surface area contributed by atoms with Crippen LogP contribution in [-0.2, 0) is 19.1 Å². The highest BCUT2D eigenvalue weighted by molar-refractivity contribution is 5.98. The third kappa shape index (κ3) is 5.13. The summed E-state index contributed by atoms with van der Waals surface area (Å²) in [7, 11) is 0. The molecule has 1 aromatic rings. The Hall–Kier alpha value is -2.90. The molecule has 1 saturated heterocycles. The minimum absolute atomic E-state index is 0.0399. The maximum atomic E-state index is 12.8. The van der Waals surface area contributed by atoms with E-state index in [1.165, 1.54) is 0 Å². The second-order valence-corrected chi connectivity index (χ2v) is 7.46. The first-order valence-electron chi connectivity index (χ1n) is 10.1. The number of carbonyl (C=O) groups is 4. The molecule has 1 heterocycles. The zero-order chi connectivity index (χ0) is 20.8. The van der Waals surface area contributed by atoms with Crippen LogP contribution in [0.25, 0.3) is 0 Å². The minimum atomic E-state index is -1.26. The highest BCUT2D eigenvalue weighted by Crippen LogP contribution is 2.31. The minimum Gasteiger partial charge on any atom is -0.447 e. The third-order valence-electron chi connectivity index (χ3n) is 5.41. The van der Waals surface area contributed by atoms with Crippen molar-refractivity contribution in [2.45, 2.75) is 51.2 Å². The Labute approximate surface area is 170 Å². The van der Waals surface area contributed by atoms with Gasteiger partial charge in [-0.3, -0.25) is 19.7 Å². The summed E-state index contributed by atoms with van der Waals surface area (Å²) >= 11 is 0. The zero-order valence-electron chi connectivity index (χ0n) is 16.6. The number of urea groups is 1. The summed E-state index contributed by atoms with van der Waals surface area (Å²) in [6.45, 7) is 2.41. The van der Waals surface area contributed by atoms with Gasteiger partial charge < -0.3 is 15.0 Å². The fraction of sp³-hybridized carbons (Fsp3) is 0.524. The van der Waals surface area contributed by atoms with Crippen molar-refractivity contribution < 1.29 is 23.9 Å². The van der Waals surface area contributed by atoms with Gasteiger partial charge in [0.25, 0.3) is 5.91 Å². The van der Waals surface area contributed by atoms with Crippen LogP contribution in [0.1, 0.15) is 50.7 Å². The lowest BCUT2D eigenvalue weighted by Gasteiger charge is -2.24. The third-order valence-corrected chi connectivity index (χ3v) is 5.41. The number of likely N-dealkylation sites (tertiary alicyclic amines) is 1. The van der Waals surface area contributed by atoms with Gasteiger partial charge in [0.05, 0.1) is 5.92 Å². The number of imide groups is 1. The van der Waals surface area contributed by atoms with Crippen molar-refractivity contribution in [1.29, 1.82) is 0 Å². The fourth-order valence-corrected chi connectivity index (χ4v) is 3.95. The number of esters is 1. The largest absolute Gasteiger partial charge is 0.447 e. The molecular formula is C21H27N3O5. The lowest BCUT2D eigenvalue weighted by atomic mass is 10.1. The lowest BCUT2D eigenvalue weighted by molar-refractivity contribution is -0.159. The predicted molar refractivity (Wildman–Crippen MR) is 105 cm³/mol. The average molecular weight is 401 g/mol. The number of ether oxygens (including phenoxy) is 1. The van der Waals surface area contributed by atoms with Gasteiger partial charge in [-0.05, 0) is 19.8 Å². The maximum Gasteiger partial charge on any atom is 0.321 e. The molecule has 4 amide bonds. The Kier molecular flexibility index (Phi) is 6.85. The Bertz CT molecular complexity index is 761. The smallest absolute Gasteiger partial charge is 0.321 e. The molecular weight excluding hydrogens is 374 g/mol. The summed E-state index contributed by atoms with van der Waals surface area (Å²) in [6.07, 6.45) is 2.96. The van der Waals surface area contributed by atoms with E-state index in [9.17, 15) is 19.2 Å². The first kappa shape index (κ1) is 20.8. The van der Waals surface area contributed by atoms with Crippen LogP contribution in [0.15, 0.2) is 30.3 Å². The molecule has 2 fully saturated rings. The van der Waals surface area contributed by atoms with Crippen LogP contribution in [0.5, 0.6) is 0 Å². The molecule has 2 aliphatic rings. The summed E-state index contributed by atoms with van der Waals surface area (Å²) in [5, 5.41) is 4.67. The molecule has 8 heteroatoms. The molecule has 0 radical (unpaired) electrons. The van der Waals surface area contributed by atoms with E-state index in [1.54, 1.807) is 42.2 Å². The standard InChI is InChI=1S/C21H27N3O5/c1-2-22-21(28)23-19(26)18(14-8-4-3-5-9-14)29-20(27)15-12-17(25)24(13-15)16-10-6-7-11-16/h3-5,8-9,15-16,18H,2,6-7,10-13H2,1H3,(H2,22,23,26,28)/t15-,18+/m1/s1. The van der Waals surface area contributed by atoms with Crippen LogP contribution in [0, 0.1) is 5.92 Å². The predicted octanol–water partition coefficient (Wildman–Crippen LogP) is 1.91. The van der Waals surface area contributed by atoms with Crippen LogP contribution in [0.3, 0.4) is 0 Å². The number of carbonyl (C=O) groups excluding carboxylic acids is 4. The second-order valence-electron chi connectivity index (χ2n) is 7.46. The van der Waals surface area contributed by atoms with Gasteiger partial charge >= 0.3 is 12.0 Å². The van der Waals surface area contributed by atoms with Crippen molar-refractivity contribution in [3.63, 3.8) is 0 Å². The van der Waals surface area contributed by atoms with Crippen LogP contribution in [-0.4, -0.2) is 47.8 Å². The number of nitrogens with one attached hydrogen (secondary N) is 2. The van der Waals surface area contributed by atoms with E-state index in [4.69, 9.17) is 4.74 Å². The molecule has 2 atom stereocenters. The molecule has 8 nitrogen and oxygen atoms in total. The molecule has 2 N–H and O–H groups in total. The van der Waals surface area contributed by atoms with Gasteiger partial charge in [0, 0.05) is 31.1 Å². The molecule has 1 aromatic carbocycles. The molecule has 0 spiro atoms. The first-order chi connectivity index (χ1) is 14.0. The van der Waals surface area contributed by atoms with E-state index in [2.05, 4.69) is 10.6 Å². The number of amides is 4. The van der Waals surface area contributed by atoms with Crippen molar-refractivity contribution in [2.75, 3.05) is 13.1 Å². The number of hydrogen-bond donors (Lipinski definition) is 2. The van der Waals surface area contributed by atoms with Crippen molar-refractivity contribution in [3.8, 4) is 0 Å². The van der Waals surface area contributed by atoms with E-state index in [0.717, 1.165) is 25.7 Å². The number of hydrogen-bond acceptors (Lipinski definition) is 5. The van der Waals surface area contributed by atoms with E-state index in [0.29, 0.717) is 18.7 Å². The quantitative estimate of drug-likeness (QED) is 0.709. The number of benzene rings is 1. The molecule has 29 heavy (non-hydrogen) atoms. The normalized spacial score (nSPS) is 20.4. The number of rotatable bonds is 6. The summed E-state index contributed by atoms with van der Waals surface area (Å²) in [4.78, 5) is 51.2. The Morgan fingerprint density at radius 1 is 1.17 bits per heavy atom. The summed E-state index contributed by atoms with van der Waals surface area (Å²) in [5.41, 5.74) is 0.458. The van der Waals surface area contributed by atoms with Crippen molar-refractivity contribution >= 4 is 23.8 Å². The number of nitrogens with zero attached hydrogens (tertiary/aromatic N) is 1. The molecule has 3 rings (SSSR count). The van der Waals surface area contributed by atoms with Crippen LogP contribution in [0.2, 0.25) is 0 Å². The highest BCUT2D eigenvalue weighted by Gasteiger charge is 2.41.